The number of hydrogen-bond acceptors (Lipinski definition) is 5. The van der Waals surface area contributed by atoms with Gasteiger partial charge in [-0.05, 0) is 30.3 Å². The highest BCUT2D eigenvalue weighted by molar-refractivity contribution is 7.22. The number of ether oxygens (including phenoxy) is 1. The average Bonchev–Trinajstić information content (AvgIpc) is 3.31. The van der Waals surface area contributed by atoms with Crippen molar-refractivity contribution in [2.45, 2.75) is 6.18 Å². The summed E-state index contributed by atoms with van der Waals surface area (Å²) in [6.45, 7) is 0. The van der Waals surface area contributed by atoms with Crippen LogP contribution in [0.2, 0.25) is 5.02 Å². The van der Waals surface area contributed by atoms with E-state index in [2.05, 4.69) is 15.4 Å². The first kappa shape index (κ1) is 20.2. The van der Waals surface area contributed by atoms with Gasteiger partial charge in [-0.1, -0.05) is 35.1 Å². The highest BCUT2D eigenvalue weighted by atomic mass is 35.5. The minimum Gasteiger partial charge on any atom is -0.494 e. The van der Waals surface area contributed by atoms with Gasteiger partial charge in [0.2, 0.25) is 0 Å². The van der Waals surface area contributed by atoms with Gasteiger partial charge in [-0.25, -0.2) is 9.67 Å². The van der Waals surface area contributed by atoms with Crippen molar-refractivity contribution in [1.29, 1.82) is 0 Å². The average molecular weight is 453 g/mol. The van der Waals surface area contributed by atoms with Crippen LogP contribution in [0.15, 0.2) is 48.7 Å². The molecule has 154 valence electrons. The number of aromatic nitrogens is 3. The first-order valence-corrected chi connectivity index (χ1v) is 9.63. The lowest BCUT2D eigenvalue weighted by Gasteiger charge is -2.12. The van der Waals surface area contributed by atoms with E-state index in [1.807, 2.05) is 0 Å². The summed E-state index contributed by atoms with van der Waals surface area (Å²) in [5.74, 6) is -0.484. The summed E-state index contributed by atoms with van der Waals surface area (Å²) in [6, 6.07) is 11.0. The van der Waals surface area contributed by atoms with Gasteiger partial charge in [0, 0.05) is 5.02 Å². The maximum Gasteiger partial charge on any atom is 0.434 e. The van der Waals surface area contributed by atoms with E-state index in [4.69, 9.17) is 16.3 Å². The number of para-hydroxylation sites is 1. The number of thiazole rings is 1. The number of methoxy groups -OCH3 is 1. The molecule has 0 atom stereocenters. The largest absolute Gasteiger partial charge is 0.494 e. The molecule has 0 aliphatic rings. The summed E-state index contributed by atoms with van der Waals surface area (Å²) in [4.78, 5) is 16.9. The Morgan fingerprint density at radius 2 is 2.00 bits per heavy atom. The van der Waals surface area contributed by atoms with Gasteiger partial charge in [0.15, 0.2) is 10.8 Å². The molecule has 0 spiro atoms. The van der Waals surface area contributed by atoms with Crippen molar-refractivity contribution in [3.05, 3.63) is 64.9 Å². The fourth-order valence-corrected chi connectivity index (χ4v) is 3.96. The van der Waals surface area contributed by atoms with Gasteiger partial charge >= 0.3 is 6.18 Å². The maximum atomic E-state index is 13.8. The molecule has 0 radical (unpaired) electrons. The fraction of sp³-hybridized carbons (Fsp3) is 0.105. The molecular weight excluding hydrogens is 441 g/mol. The number of nitrogens with one attached hydrogen (secondary N) is 1. The SMILES string of the molecule is COc1cccc2sc(NC(=O)c3cnn(-c4cccc(Cl)c4)c3C(F)(F)F)nc12. The molecule has 30 heavy (non-hydrogen) atoms. The van der Waals surface area contributed by atoms with Crippen LogP contribution >= 0.6 is 22.9 Å². The quantitative estimate of drug-likeness (QED) is 0.449. The van der Waals surface area contributed by atoms with Crippen molar-refractivity contribution in [1.82, 2.24) is 14.8 Å². The number of anilines is 1. The van der Waals surface area contributed by atoms with E-state index in [-0.39, 0.29) is 15.8 Å². The molecular formula is C19H12ClF3N4O2S. The molecule has 2 heterocycles. The third-order valence-corrected chi connectivity index (χ3v) is 5.33. The second kappa shape index (κ2) is 7.62. The molecule has 4 aromatic rings. The van der Waals surface area contributed by atoms with Gasteiger partial charge in [-0.15, -0.1) is 0 Å². The zero-order valence-electron chi connectivity index (χ0n) is 15.2. The Kier molecular flexibility index (Phi) is 5.12. The van der Waals surface area contributed by atoms with Crippen molar-refractivity contribution in [3.63, 3.8) is 0 Å². The first-order valence-electron chi connectivity index (χ1n) is 8.44. The van der Waals surface area contributed by atoms with E-state index in [1.165, 1.54) is 31.4 Å². The number of benzene rings is 2. The van der Waals surface area contributed by atoms with Crippen LogP contribution in [0.3, 0.4) is 0 Å². The third kappa shape index (κ3) is 3.71. The Morgan fingerprint density at radius 1 is 1.23 bits per heavy atom. The van der Waals surface area contributed by atoms with Crippen LogP contribution in [0.1, 0.15) is 16.1 Å². The van der Waals surface area contributed by atoms with Crippen LogP contribution in [-0.4, -0.2) is 27.8 Å². The minimum atomic E-state index is -4.83. The molecule has 4 rings (SSSR count). The Balaban J connectivity index is 1.73. The molecule has 0 aliphatic carbocycles. The lowest BCUT2D eigenvalue weighted by Crippen LogP contribution is -2.20. The fourth-order valence-electron chi connectivity index (χ4n) is 2.90. The summed E-state index contributed by atoms with van der Waals surface area (Å²) in [5, 5.41) is 6.57. The number of carbonyl (C=O) groups is 1. The predicted octanol–water partition coefficient (Wildman–Crippen LogP) is 5.42. The molecule has 11 heteroatoms. The number of alkyl halides is 3. The van der Waals surface area contributed by atoms with Crippen molar-refractivity contribution < 1.29 is 22.7 Å². The van der Waals surface area contributed by atoms with Gasteiger partial charge < -0.3 is 4.74 Å². The predicted molar refractivity (Wildman–Crippen MR) is 108 cm³/mol. The molecule has 0 fully saturated rings. The van der Waals surface area contributed by atoms with E-state index >= 15 is 0 Å². The number of hydrogen-bond donors (Lipinski definition) is 1. The second-order valence-corrected chi connectivity index (χ2v) is 7.54. The molecule has 0 saturated heterocycles. The van der Waals surface area contributed by atoms with Gasteiger partial charge in [-0.3, -0.25) is 10.1 Å². The number of rotatable bonds is 4. The Hall–Kier alpha value is -3.11. The van der Waals surface area contributed by atoms with Gasteiger partial charge in [0.05, 0.1) is 29.3 Å². The Morgan fingerprint density at radius 3 is 2.70 bits per heavy atom. The summed E-state index contributed by atoms with van der Waals surface area (Å²) in [7, 11) is 1.48. The van der Waals surface area contributed by atoms with E-state index in [0.29, 0.717) is 15.9 Å². The normalized spacial score (nSPS) is 11.6. The number of fused-ring (bicyclic) bond motifs is 1. The van der Waals surface area contributed by atoms with Gasteiger partial charge in [0.25, 0.3) is 5.91 Å². The lowest BCUT2D eigenvalue weighted by atomic mass is 10.2. The zero-order chi connectivity index (χ0) is 21.5. The molecule has 0 unspecified atom stereocenters. The molecule has 6 nitrogen and oxygen atoms in total. The van der Waals surface area contributed by atoms with Crippen molar-refractivity contribution in [3.8, 4) is 11.4 Å². The smallest absolute Gasteiger partial charge is 0.434 e. The van der Waals surface area contributed by atoms with Crippen LogP contribution in [0.25, 0.3) is 15.9 Å². The summed E-state index contributed by atoms with van der Waals surface area (Å²) in [6.07, 6.45) is -3.96. The first-order chi connectivity index (χ1) is 14.3. The van der Waals surface area contributed by atoms with Crippen LogP contribution < -0.4 is 10.1 Å². The number of halogens is 4. The van der Waals surface area contributed by atoms with E-state index < -0.39 is 23.3 Å². The molecule has 0 bridgehead atoms. The third-order valence-electron chi connectivity index (χ3n) is 4.16. The van der Waals surface area contributed by atoms with Crippen LogP contribution in [0, 0.1) is 0 Å². The molecule has 2 aromatic carbocycles. The van der Waals surface area contributed by atoms with E-state index in [9.17, 15) is 18.0 Å². The van der Waals surface area contributed by atoms with E-state index in [1.54, 1.807) is 18.2 Å². The molecule has 0 saturated carbocycles. The summed E-state index contributed by atoms with van der Waals surface area (Å²) in [5.41, 5.74) is -1.25. The lowest BCUT2D eigenvalue weighted by molar-refractivity contribution is -0.143. The number of nitrogens with zero attached hydrogens (tertiary/aromatic N) is 3. The molecule has 2 aromatic heterocycles. The monoisotopic (exact) mass is 452 g/mol. The standard InChI is InChI=1S/C19H12ClF3N4O2S/c1-29-13-6-3-7-14-15(13)25-18(30-14)26-17(28)12-9-24-27(16(12)19(21,22)23)11-5-2-4-10(20)8-11/h2-9H,1H3,(H,25,26,28). The van der Waals surface area contributed by atoms with Crippen LogP contribution in [0.5, 0.6) is 5.75 Å². The second-order valence-electron chi connectivity index (χ2n) is 6.08. The zero-order valence-corrected chi connectivity index (χ0v) is 16.8. The number of amides is 1. The van der Waals surface area contributed by atoms with Crippen molar-refractivity contribution >= 4 is 44.2 Å². The van der Waals surface area contributed by atoms with Crippen LogP contribution in [-0.2, 0) is 6.18 Å². The molecule has 1 N–H and O–H groups in total. The minimum absolute atomic E-state index is 0.0820. The van der Waals surface area contributed by atoms with Crippen LogP contribution in [0.4, 0.5) is 18.3 Å². The Bertz CT molecular complexity index is 1250. The molecule has 0 aliphatic heterocycles. The molecule has 1 amide bonds. The van der Waals surface area contributed by atoms with Gasteiger partial charge in [0.1, 0.15) is 11.3 Å². The number of carbonyl (C=O) groups excluding carboxylic acids is 1. The Labute approximate surface area is 176 Å². The van der Waals surface area contributed by atoms with E-state index in [0.717, 1.165) is 22.2 Å². The topological polar surface area (TPSA) is 69.0 Å². The maximum absolute atomic E-state index is 13.8. The van der Waals surface area contributed by atoms with Crippen molar-refractivity contribution in [2.24, 2.45) is 0 Å². The van der Waals surface area contributed by atoms with Gasteiger partial charge in [-0.2, -0.15) is 18.3 Å². The summed E-state index contributed by atoms with van der Waals surface area (Å²) >= 11 is 7.00. The highest BCUT2D eigenvalue weighted by Gasteiger charge is 2.40. The summed E-state index contributed by atoms with van der Waals surface area (Å²) < 4.78 is 47.9. The van der Waals surface area contributed by atoms with Crippen molar-refractivity contribution in [2.75, 3.05) is 12.4 Å². The highest BCUT2D eigenvalue weighted by Crippen LogP contribution is 2.36.